The molecule has 0 heterocycles. The van der Waals surface area contributed by atoms with Gasteiger partial charge in [0.1, 0.15) is 36.0 Å². The molecule has 0 saturated heterocycles. The van der Waals surface area contributed by atoms with Gasteiger partial charge >= 0.3 is 5.97 Å². The summed E-state index contributed by atoms with van der Waals surface area (Å²) < 4.78 is 10.5. The van der Waals surface area contributed by atoms with E-state index in [1.807, 2.05) is 0 Å². The summed E-state index contributed by atoms with van der Waals surface area (Å²) in [6, 6.07) is 14.8. The van der Waals surface area contributed by atoms with E-state index in [1.54, 1.807) is 48.5 Å². The summed E-state index contributed by atoms with van der Waals surface area (Å²) in [5.41, 5.74) is -0.103. The molecule has 0 aliphatic rings. The molecule has 0 bridgehead atoms. The molecule has 0 aliphatic heterocycles. The van der Waals surface area contributed by atoms with Crippen molar-refractivity contribution in [2.75, 3.05) is 13.2 Å². The first-order chi connectivity index (χ1) is 12.1. The molecule has 0 aromatic heterocycles. The molecule has 6 heteroatoms. The van der Waals surface area contributed by atoms with E-state index < -0.39 is 5.97 Å². The van der Waals surface area contributed by atoms with Crippen LogP contribution in [0.1, 0.15) is 10.4 Å². The van der Waals surface area contributed by atoms with Gasteiger partial charge < -0.3 is 19.7 Å². The number of rotatable bonds is 5. The van der Waals surface area contributed by atoms with E-state index in [0.29, 0.717) is 21.5 Å². The van der Waals surface area contributed by atoms with Crippen LogP contribution in [-0.2, 0) is 4.74 Å². The third-order valence-electron chi connectivity index (χ3n) is 3.62. The lowest BCUT2D eigenvalue weighted by Gasteiger charge is -2.11. The zero-order valence-corrected chi connectivity index (χ0v) is 13.9. The predicted octanol–water partition coefficient (Wildman–Crippen LogP) is 4.14. The molecule has 0 spiro atoms. The topological polar surface area (TPSA) is 76.0 Å². The normalized spacial score (nSPS) is 10.6. The van der Waals surface area contributed by atoms with Gasteiger partial charge in [-0.2, -0.15) is 0 Å². The predicted molar refractivity (Wildman–Crippen MR) is 94.5 cm³/mol. The van der Waals surface area contributed by atoms with E-state index in [9.17, 15) is 15.0 Å². The minimum absolute atomic E-state index is 0.0307. The van der Waals surface area contributed by atoms with Crippen molar-refractivity contribution in [1.82, 2.24) is 0 Å². The number of hydrogen-bond acceptors (Lipinski definition) is 5. The highest BCUT2D eigenvalue weighted by atomic mass is 35.5. The smallest absolute Gasteiger partial charge is 0.342 e. The van der Waals surface area contributed by atoms with Crippen LogP contribution in [-0.4, -0.2) is 29.4 Å². The molecule has 0 atom stereocenters. The Morgan fingerprint density at radius 3 is 2.40 bits per heavy atom. The number of phenolic OH excluding ortho intramolecular Hbond substituents is 2. The Balaban J connectivity index is 1.67. The third kappa shape index (κ3) is 3.61. The fourth-order valence-electron chi connectivity index (χ4n) is 2.42. The molecule has 2 N–H and O–H groups in total. The number of carbonyl (C=O) groups is 1. The molecule has 5 nitrogen and oxygen atoms in total. The number of esters is 1. The summed E-state index contributed by atoms with van der Waals surface area (Å²) in [4.78, 5) is 12.2. The molecular formula is C19H15ClO5. The van der Waals surface area contributed by atoms with Crippen LogP contribution in [0.25, 0.3) is 10.8 Å². The van der Waals surface area contributed by atoms with Crippen LogP contribution in [0.5, 0.6) is 17.2 Å². The average molecular weight is 359 g/mol. The zero-order valence-electron chi connectivity index (χ0n) is 13.1. The van der Waals surface area contributed by atoms with Crippen molar-refractivity contribution in [3.63, 3.8) is 0 Å². The molecule has 25 heavy (non-hydrogen) atoms. The molecule has 0 radical (unpaired) electrons. The van der Waals surface area contributed by atoms with Crippen LogP contribution in [0, 0.1) is 0 Å². The van der Waals surface area contributed by atoms with Crippen LogP contribution >= 0.6 is 11.6 Å². The number of benzene rings is 3. The standard InChI is InChI=1S/C19H15ClO5/c20-15-7-3-4-8-17(15)24-9-10-25-19(23)14-11-16(21)12-5-1-2-6-13(12)18(14)22/h1-8,11,21-22H,9-10H2. The maximum Gasteiger partial charge on any atom is 0.342 e. The number of phenols is 2. The number of carbonyl (C=O) groups excluding carboxylic acids is 1. The van der Waals surface area contributed by atoms with Crippen molar-refractivity contribution < 1.29 is 24.5 Å². The first-order valence-corrected chi connectivity index (χ1v) is 7.94. The van der Waals surface area contributed by atoms with Gasteiger partial charge in [-0.25, -0.2) is 4.79 Å². The van der Waals surface area contributed by atoms with Crippen molar-refractivity contribution in [2.45, 2.75) is 0 Å². The molecule has 3 rings (SSSR count). The SMILES string of the molecule is O=C(OCCOc1ccccc1Cl)c1cc(O)c2ccccc2c1O. The fraction of sp³-hybridized carbons (Fsp3) is 0.105. The number of hydrogen-bond donors (Lipinski definition) is 2. The van der Waals surface area contributed by atoms with E-state index in [2.05, 4.69) is 0 Å². The van der Waals surface area contributed by atoms with Crippen molar-refractivity contribution in [3.8, 4) is 17.2 Å². The Labute approximate surface area is 149 Å². The van der Waals surface area contributed by atoms with Gasteiger partial charge in [-0.15, -0.1) is 0 Å². The van der Waals surface area contributed by atoms with Gasteiger partial charge in [0.05, 0.1) is 5.02 Å². The Hall–Kier alpha value is -2.92. The summed E-state index contributed by atoms with van der Waals surface area (Å²) in [7, 11) is 0. The van der Waals surface area contributed by atoms with E-state index in [4.69, 9.17) is 21.1 Å². The number of halogens is 1. The largest absolute Gasteiger partial charge is 0.507 e. The first kappa shape index (κ1) is 16.9. The minimum Gasteiger partial charge on any atom is -0.507 e. The highest BCUT2D eigenvalue weighted by Crippen LogP contribution is 2.35. The third-order valence-corrected chi connectivity index (χ3v) is 3.94. The number of ether oxygens (including phenoxy) is 2. The van der Waals surface area contributed by atoms with E-state index in [1.165, 1.54) is 6.07 Å². The highest BCUT2D eigenvalue weighted by molar-refractivity contribution is 6.32. The van der Waals surface area contributed by atoms with Crippen LogP contribution in [0.4, 0.5) is 0 Å². The minimum atomic E-state index is -0.749. The monoisotopic (exact) mass is 358 g/mol. The molecule has 0 unspecified atom stereocenters. The van der Waals surface area contributed by atoms with Crippen LogP contribution < -0.4 is 4.74 Å². The molecule has 3 aromatic carbocycles. The Bertz CT molecular complexity index is 923. The molecule has 3 aromatic rings. The maximum absolute atomic E-state index is 12.2. The van der Waals surface area contributed by atoms with Gasteiger partial charge in [-0.3, -0.25) is 0 Å². The highest BCUT2D eigenvalue weighted by Gasteiger charge is 2.18. The summed E-state index contributed by atoms with van der Waals surface area (Å²) in [5, 5.41) is 21.6. The van der Waals surface area contributed by atoms with E-state index >= 15 is 0 Å². The van der Waals surface area contributed by atoms with Crippen molar-refractivity contribution in [2.24, 2.45) is 0 Å². The molecule has 0 fully saturated rings. The lowest BCUT2D eigenvalue weighted by Crippen LogP contribution is -2.12. The quantitative estimate of drug-likeness (QED) is 0.407. The molecule has 0 saturated carbocycles. The number of fused-ring (bicyclic) bond motifs is 1. The van der Waals surface area contributed by atoms with Gasteiger partial charge in [-0.05, 0) is 18.2 Å². The second-order valence-corrected chi connectivity index (χ2v) is 5.66. The summed E-state index contributed by atoms with van der Waals surface area (Å²) in [6.07, 6.45) is 0. The number of para-hydroxylation sites is 1. The van der Waals surface area contributed by atoms with Gasteiger partial charge in [0.15, 0.2) is 0 Å². The second kappa shape index (κ2) is 7.32. The molecular weight excluding hydrogens is 344 g/mol. The molecule has 0 amide bonds. The van der Waals surface area contributed by atoms with Gasteiger partial charge in [0.25, 0.3) is 0 Å². The fourth-order valence-corrected chi connectivity index (χ4v) is 2.61. The second-order valence-electron chi connectivity index (χ2n) is 5.25. The lowest BCUT2D eigenvalue weighted by atomic mass is 10.0. The van der Waals surface area contributed by atoms with Crippen LogP contribution in [0.3, 0.4) is 0 Å². The van der Waals surface area contributed by atoms with Gasteiger partial charge in [0.2, 0.25) is 0 Å². The summed E-state index contributed by atoms with van der Waals surface area (Å²) in [6.45, 7) is 0.0763. The first-order valence-electron chi connectivity index (χ1n) is 7.56. The molecule has 0 aliphatic carbocycles. The Kier molecular flexibility index (Phi) is 4.95. The van der Waals surface area contributed by atoms with Crippen molar-refractivity contribution in [3.05, 3.63) is 65.2 Å². The van der Waals surface area contributed by atoms with Gasteiger partial charge in [-0.1, -0.05) is 48.0 Å². The summed E-state index contributed by atoms with van der Waals surface area (Å²) >= 11 is 5.96. The van der Waals surface area contributed by atoms with Gasteiger partial charge in [0, 0.05) is 10.8 Å². The Morgan fingerprint density at radius 2 is 1.64 bits per heavy atom. The average Bonchev–Trinajstić information content (AvgIpc) is 2.63. The number of aromatic hydroxyl groups is 2. The van der Waals surface area contributed by atoms with Crippen LogP contribution in [0.2, 0.25) is 5.02 Å². The van der Waals surface area contributed by atoms with E-state index in [-0.39, 0.29) is 30.3 Å². The molecule has 128 valence electrons. The Morgan fingerprint density at radius 1 is 0.960 bits per heavy atom. The van der Waals surface area contributed by atoms with Crippen molar-refractivity contribution >= 4 is 28.3 Å². The maximum atomic E-state index is 12.2. The lowest BCUT2D eigenvalue weighted by molar-refractivity contribution is 0.0447. The van der Waals surface area contributed by atoms with E-state index in [0.717, 1.165) is 0 Å². The summed E-state index contributed by atoms with van der Waals surface area (Å²) in [5.74, 6) is -0.592. The van der Waals surface area contributed by atoms with Crippen molar-refractivity contribution in [1.29, 1.82) is 0 Å². The van der Waals surface area contributed by atoms with Crippen LogP contribution in [0.15, 0.2) is 54.6 Å². The zero-order chi connectivity index (χ0) is 17.8.